The van der Waals surface area contributed by atoms with Crippen LogP contribution < -0.4 is 10.0 Å². The minimum atomic E-state index is -3.57. The number of hydrogen-bond acceptors (Lipinski definition) is 5. The Hall–Kier alpha value is -1.22. The fourth-order valence-electron chi connectivity index (χ4n) is 2.64. The molecule has 122 valence electrons. The van der Waals surface area contributed by atoms with Gasteiger partial charge in [-0.3, -0.25) is 0 Å². The zero-order valence-electron chi connectivity index (χ0n) is 12.3. The lowest BCUT2D eigenvalue weighted by atomic mass is 10.0. The smallest absolute Gasteiger partial charge is 0.242 e. The number of halogens is 1. The molecule has 0 bridgehead atoms. The van der Waals surface area contributed by atoms with E-state index in [1.807, 2.05) is 0 Å². The number of benzene rings is 1. The summed E-state index contributed by atoms with van der Waals surface area (Å²) >= 11 is 0. The largest absolute Gasteiger partial charge is 0.316 e. The molecule has 0 spiro atoms. The van der Waals surface area contributed by atoms with Gasteiger partial charge in [-0.1, -0.05) is 6.07 Å². The van der Waals surface area contributed by atoms with E-state index in [9.17, 15) is 8.42 Å². The predicted octanol–water partition coefficient (Wildman–Crippen LogP) is 0.668. The summed E-state index contributed by atoms with van der Waals surface area (Å²) in [6, 6.07) is 5.01. The summed E-state index contributed by atoms with van der Waals surface area (Å²) in [7, 11) is -1.89. The Balaban J connectivity index is 0.00000176. The van der Waals surface area contributed by atoms with Crippen LogP contribution in [0.2, 0.25) is 0 Å². The molecule has 3 rings (SSSR count). The first-order valence-corrected chi connectivity index (χ1v) is 8.55. The zero-order valence-corrected chi connectivity index (χ0v) is 14.0. The van der Waals surface area contributed by atoms with E-state index in [4.69, 9.17) is 0 Å². The Morgan fingerprint density at radius 2 is 2.23 bits per heavy atom. The Kier molecular flexibility index (Phi) is 5.38. The van der Waals surface area contributed by atoms with Crippen LogP contribution in [0.3, 0.4) is 0 Å². The number of rotatable bonds is 4. The highest BCUT2D eigenvalue weighted by molar-refractivity contribution is 7.89. The van der Waals surface area contributed by atoms with Crippen molar-refractivity contribution in [3.8, 4) is 0 Å². The highest BCUT2D eigenvalue weighted by Crippen LogP contribution is 2.19. The SMILES string of the molecule is Cl.Cn1nc2cccc(S(=O)(=O)NCC3CCCNC3)c2n1. The van der Waals surface area contributed by atoms with Crippen LogP contribution in [0.5, 0.6) is 0 Å². The normalized spacial score (nSPS) is 19.0. The number of piperidine rings is 1. The van der Waals surface area contributed by atoms with Crippen molar-refractivity contribution >= 4 is 33.5 Å². The van der Waals surface area contributed by atoms with E-state index in [-0.39, 0.29) is 17.3 Å². The first-order valence-electron chi connectivity index (χ1n) is 7.07. The Bertz CT molecular complexity index is 740. The van der Waals surface area contributed by atoms with E-state index in [1.165, 1.54) is 4.80 Å². The maximum atomic E-state index is 12.5. The quantitative estimate of drug-likeness (QED) is 0.850. The summed E-state index contributed by atoms with van der Waals surface area (Å²) in [5.74, 6) is 0.342. The van der Waals surface area contributed by atoms with Gasteiger partial charge in [0.1, 0.15) is 15.9 Å². The number of nitrogens with one attached hydrogen (secondary N) is 2. The molecule has 9 heteroatoms. The molecule has 1 unspecified atom stereocenters. The van der Waals surface area contributed by atoms with E-state index >= 15 is 0 Å². The topological polar surface area (TPSA) is 88.9 Å². The maximum Gasteiger partial charge on any atom is 0.242 e. The third kappa shape index (κ3) is 3.57. The molecule has 1 atom stereocenters. The Morgan fingerprint density at radius 3 is 2.95 bits per heavy atom. The summed E-state index contributed by atoms with van der Waals surface area (Å²) in [6.45, 7) is 2.33. The highest BCUT2D eigenvalue weighted by Gasteiger charge is 2.22. The van der Waals surface area contributed by atoms with Gasteiger partial charge in [-0.15, -0.1) is 12.4 Å². The van der Waals surface area contributed by atoms with Gasteiger partial charge in [-0.05, 0) is 44.0 Å². The zero-order chi connectivity index (χ0) is 14.9. The van der Waals surface area contributed by atoms with Crippen molar-refractivity contribution in [2.75, 3.05) is 19.6 Å². The summed E-state index contributed by atoms with van der Waals surface area (Å²) in [5.41, 5.74) is 0.994. The molecule has 2 aromatic rings. The Labute approximate surface area is 135 Å². The number of sulfonamides is 1. The number of fused-ring (bicyclic) bond motifs is 1. The predicted molar refractivity (Wildman–Crippen MR) is 86.5 cm³/mol. The molecule has 7 nitrogen and oxygen atoms in total. The van der Waals surface area contributed by atoms with E-state index in [0.717, 1.165) is 25.9 Å². The van der Waals surface area contributed by atoms with Crippen molar-refractivity contribution < 1.29 is 8.42 Å². The Morgan fingerprint density at radius 1 is 1.41 bits per heavy atom. The van der Waals surface area contributed by atoms with Crippen LogP contribution in [0.25, 0.3) is 11.0 Å². The molecule has 0 radical (unpaired) electrons. The van der Waals surface area contributed by atoms with Crippen LogP contribution >= 0.6 is 12.4 Å². The van der Waals surface area contributed by atoms with Crippen LogP contribution in [0, 0.1) is 5.92 Å². The molecule has 1 aliphatic heterocycles. The number of aryl methyl sites for hydroxylation is 1. The minimum Gasteiger partial charge on any atom is -0.316 e. The average Bonchev–Trinajstić information content (AvgIpc) is 2.86. The molecule has 1 aromatic heterocycles. The molecule has 2 heterocycles. The third-order valence-electron chi connectivity index (χ3n) is 3.73. The lowest BCUT2D eigenvalue weighted by Gasteiger charge is -2.22. The van der Waals surface area contributed by atoms with E-state index in [0.29, 0.717) is 23.5 Å². The first-order chi connectivity index (χ1) is 10.1. The molecular formula is C13H20ClN5O2S. The van der Waals surface area contributed by atoms with E-state index < -0.39 is 10.0 Å². The van der Waals surface area contributed by atoms with Gasteiger partial charge in [0.25, 0.3) is 0 Å². The monoisotopic (exact) mass is 345 g/mol. The van der Waals surface area contributed by atoms with Gasteiger partial charge in [0.15, 0.2) is 0 Å². The van der Waals surface area contributed by atoms with Gasteiger partial charge in [0.05, 0.1) is 0 Å². The van der Waals surface area contributed by atoms with Gasteiger partial charge in [0, 0.05) is 13.6 Å². The lowest BCUT2D eigenvalue weighted by Crippen LogP contribution is -2.38. The minimum absolute atomic E-state index is 0. The number of aromatic nitrogens is 3. The van der Waals surface area contributed by atoms with Gasteiger partial charge in [0.2, 0.25) is 10.0 Å². The molecule has 0 amide bonds. The van der Waals surface area contributed by atoms with Crippen LogP contribution in [0.4, 0.5) is 0 Å². The second kappa shape index (κ2) is 6.91. The summed E-state index contributed by atoms with van der Waals surface area (Å²) < 4.78 is 27.7. The lowest BCUT2D eigenvalue weighted by molar-refractivity contribution is 0.376. The summed E-state index contributed by atoms with van der Waals surface area (Å²) in [6.07, 6.45) is 2.14. The van der Waals surface area contributed by atoms with Crippen molar-refractivity contribution in [1.82, 2.24) is 25.0 Å². The fourth-order valence-corrected chi connectivity index (χ4v) is 3.90. The van der Waals surface area contributed by atoms with Crippen molar-refractivity contribution in [1.29, 1.82) is 0 Å². The van der Waals surface area contributed by atoms with Gasteiger partial charge < -0.3 is 5.32 Å². The standard InChI is InChI=1S/C13H19N5O2S.ClH/c1-18-16-11-5-2-6-12(13(11)17-18)21(19,20)15-9-10-4-3-7-14-8-10;/h2,5-6,10,14-15H,3-4,7-9H2,1H3;1H. The number of hydrogen-bond donors (Lipinski definition) is 2. The van der Waals surface area contributed by atoms with Crippen LogP contribution in [-0.2, 0) is 17.1 Å². The fraction of sp³-hybridized carbons (Fsp3) is 0.538. The molecule has 1 fully saturated rings. The molecule has 22 heavy (non-hydrogen) atoms. The second-order valence-electron chi connectivity index (χ2n) is 5.38. The first kappa shape index (κ1) is 17.1. The molecule has 1 saturated heterocycles. The van der Waals surface area contributed by atoms with Crippen molar-refractivity contribution in [3.63, 3.8) is 0 Å². The maximum absolute atomic E-state index is 12.5. The van der Waals surface area contributed by atoms with Crippen molar-refractivity contribution in [3.05, 3.63) is 18.2 Å². The van der Waals surface area contributed by atoms with Crippen molar-refractivity contribution in [2.24, 2.45) is 13.0 Å². The van der Waals surface area contributed by atoms with E-state index in [2.05, 4.69) is 20.2 Å². The second-order valence-corrected chi connectivity index (χ2v) is 7.11. The molecular weight excluding hydrogens is 326 g/mol. The molecule has 2 N–H and O–H groups in total. The van der Waals surface area contributed by atoms with Crippen LogP contribution in [-0.4, -0.2) is 43.0 Å². The molecule has 0 aliphatic carbocycles. The third-order valence-corrected chi connectivity index (χ3v) is 5.18. The highest BCUT2D eigenvalue weighted by atomic mass is 35.5. The van der Waals surface area contributed by atoms with Crippen LogP contribution in [0.15, 0.2) is 23.1 Å². The van der Waals surface area contributed by atoms with Gasteiger partial charge in [-0.25, -0.2) is 13.1 Å². The van der Waals surface area contributed by atoms with Gasteiger partial charge in [-0.2, -0.15) is 15.0 Å². The summed E-state index contributed by atoms with van der Waals surface area (Å²) in [4.78, 5) is 1.58. The molecule has 1 aliphatic rings. The number of nitrogens with zero attached hydrogens (tertiary/aromatic N) is 3. The summed E-state index contributed by atoms with van der Waals surface area (Å²) in [5, 5.41) is 11.6. The average molecular weight is 346 g/mol. The van der Waals surface area contributed by atoms with Gasteiger partial charge >= 0.3 is 0 Å². The van der Waals surface area contributed by atoms with Crippen LogP contribution in [0.1, 0.15) is 12.8 Å². The van der Waals surface area contributed by atoms with E-state index in [1.54, 1.807) is 25.2 Å². The molecule has 1 aromatic carbocycles. The molecule has 0 saturated carbocycles. The van der Waals surface area contributed by atoms with Crippen molar-refractivity contribution in [2.45, 2.75) is 17.7 Å².